The molecule has 4 nitrogen and oxygen atoms in total. The average Bonchev–Trinajstić information content (AvgIpc) is 2.19. The highest BCUT2D eigenvalue weighted by atomic mass is 19.1. The molecule has 1 aromatic carbocycles. The molecule has 0 amide bonds. The Hall–Kier alpha value is -1.40. The van der Waals surface area contributed by atoms with Gasteiger partial charge in [0, 0.05) is 19.2 Å². The van der Waals surface area contributed by atoms with E-state index >= 15 is 0 Å². The Labute approximate surface area is 105 Å². The van der Waals surface area contributed by atoms with Crippen LogP contribution in [0.3, 0.4) is 0 Å². The molecule has 0 saturated heterocycles. The molecule has 0 spiro atoms. The molecule has 6 heteroatoms. The standard InChI is InChI=1S/C12H19F2N3O/c1-12(18,7-17(2)3)6-16-10-5-8(13)4-9(14)11(10)15/h4-5,16,18H,6-7,15H2,1-3H3. The number of nitrogens with zero attached hydrogens (tertiary/aromatic N) is 1. The first kappa shape index (κ1) is 14.7. The van der Waals surface area contributed by atoms with E-state index in [1.807, 2.05) is 19.0 Å². The number of likely N-dealkylation sites (N-methyl/N-ethyl adjacent to an activating group) is 1. The summed E-state index contributed by atoms with van der Waals surface area (Å²) in [4.78, 5) is 1.82. The van der Waals surface area contributed by atoms with Crippen LogP contribution in [-0.4, -0.2) is 42.8 Å². The van der Waals surface area contributed by atoms with Crippen molar-refractivity contribution in [3.05, 3.63) is 23.8 Å². The van der Waals surface area contributed by atoms with Crippen LogP contribution in [0.2, 0.25) is 0 Å². The van der Waals surface area contributed by atoms with E-state index in [1.165, 1.54) is 0 Å². The minimum absolute atomic E-state index is 0.137. The molecule has 0 heterocycles. The molecule has 0 aliphatic heterocycles. The van der Waals surface area contributed by atoms with Crippen LogP contribution < -0.4 is 11.1 Å². The van der Waals surface area contributed by atoms with Gasteiger partial charge in [0.05, 0.1) is 17.0 Å². The predicted molar refractivity (Wildman–Crippen MR) is 68.4 cm³/mol. The van der Waals surface area contributed by atoms with Crippen LogP contribution in [0, 0.1) is 11.6 Å². The van der Waals surface area contributed by atoms with Gasteiger partial charge in [0.2, 0.25) is 0 Å². The molecule has 0 radical (unpaired) electrons. The molecule has 0 aliphatic carbocycles. The van der Waals surface area contributed by atoms with Gasteiger partial charge < -0.3 is 21.1 Å². The van der Waals surface area contributed by atoms with Gasteiger partial charge in [0.1, 0.15) is 5.82 Å². The quantitative estimate of drug-likeness (QED) is 0.697. The third-order valence-corrected chi connectivity index (χ3v) is 2.41. The summed E-state index contributed by atoms with van der Waals surface area (Å²) in [5, 5.41) is 12.8. The number of nitrogens with one attached hydrogen (secondary N) is 1. The van der Waals surface area contributed by atoms with Crippen molar-refractivity contribution in [3.8, 4) is 0 Å². The smallest absolute Gasteiger partial charge is 0.151 e. The van der Waals surface area contributed by atoms with Crippen LogP contribution in [0.15, 0.2) is 12.1 Å². The van der Waals surface area contributed by atoms with Gasteiger partial charge >= 0.3 is 0 Å². The van der Waals surface area contributed by atoms with Crippen molar-refractivity contribution in [1.29, 1.82) is 0 Å². The average molecular weight is 259 g/mol. The topological polar surface area (TPSA) is 61.5 Å². The van der Waals surface area contributed by atoms with Gasteiger partial charge in [-0.3, -0.25) is 0 Å². The number of hydrogen-bond donors (Lipinski definition) is 3. The summed E-state index contributed by atoms with van der Waals surface area (Å²) in [5.74, 6) is -1.53. The van der Waals surface area contributed by atoms with Crippen LogP contribution in [0.4, 0.5) is 20.2 Å². The fourth-order valence-electron chi connectivity index (χ4n) is 1.75. The lowest BCUT2D eigenvalue weighted by Crippen LogP contribution is -2.43. The van der Waals surface area contributed by atoms with Crippen molar-refractivity contribution in [2.45, 2.75) is 12.5 Å². The zero-order valence-electron chi connectivity index (χ0n) is 10.8. The van der Waals surface area contributed by atoms with Crippen molar-refractivity contribution in [3.63, 3.8) is 0 Å². The first-order valence-electron chi connectivity index (χ1n) is 5.57. The maximum absolute atomic E-state index is 13.2. The zero-order valence-corrected chi connectivity index (χ0v) is 10.8. The zero-order chi connectivity index (χ0) is 13.9. The number of nitrogen functional groups attached to an aromatic ring is 1. The molecule has 1 unspecified atom stereocenters. The minimum atomic E-state index is -1.03. The molecule has 0 fully saturated rings. The van der Waals surface area contributed by atoms with E-state index in [9.17, 15) is 13.9 Å². The highest BCUT2D eigenvalue weighted by Crippen LogP contribution is 2.23. The second-order valence-electron chi connectivity index (χ2n) is 4.94. The van der Waals surface area contributed by atoms with E-state index in [4.69, 9.17) is 5.73 Å². The summed E-state index contributed by atoms with van der Waals surface area (Å²) in [6, 6.07) is 1.82. The molecule has 0 aromatic heterocycles. The first-order chi connectivity index (χ1) is 8.21. The van der Waals surface area contributed by atoms with Gasteiger partial charge in [-0.25, -0.2) is 8.78 Å². The summed E-state index contributed by atoms with van der Waals surface area (Å²) in [6.07, 6.45) is 0. The van der Waals surface area contributed by atoms with Gasteiger partial charge in [-0.15, -0.1) is 0 Å². The molecule has 18 heavy (non-hydrogen) atoms. The van der Waals surface area contributed by atoms with Crippen LogP contribution in [0.5, 0.6) is 0 Å². The Kier molecular flexibility index (Phi) is 4.48. The Morgan fingerprint density at radius 2 is 2.00 bits per heavy atom. The molecule has 4 N–H and O–H groups in total. The monoisotopic (exact) mass is 259 g/mol. The molecular weight excluding hydrogens is 240 g/mol. The maximum Gasteiger partial charge on any atom is 0.151 e. The lowest BCUT2D eigenvalue weighted by Gasteiger charge is -2.27. The summed E-state index contributed by atoms with van der Waals surface area (Å²) in [5.41, 5.74) is 4.45. The molecule has 0 saturated carbocycles. The molecule has 0 bridgehead atoms. The van der Waals surface area contributed by atoms with Crippen molar-refractivity contribution in [2.24, 2.45) is 0 Å². The number of anilines is 2. The van der Waals surface area contributed by atoms with Gasteiger partial charge in [-0.1, -0.05) is 0 Å². The minimum Gasteiger partial charge on any atom is -0.395 e. The van der Waals surface area contributed by atoms with Gasteiger partial charge in [0.25, 0.3) is 0 Å². The molecule has 0 aliphatic rings. The van der Waals surface area contributed by atoms with Crippen LogP contribution in [0.25, 0.3) is 0 Å². The molecule has 1 rings (SSSR count). The molecule has 1 aromatic rings. The number of aliphatic hydroxyl groups is 1. The van der Waals surface area contributed by atoms with E-state index in [1.54, 1.807) is 6.92 Å². The maximum atomic E-state index is 13.2. The normalized spacial score (nSPS) is 14.6. The van der Waals surface area contributed by atoms with E-state index in [0.29, 0.717) is 6.54 Å². The number of benzene rings is 1. The van der Waals surface area contributed by atoms with Crippen LogP contribution in [-0.2, 0) is 0 Å². The van der Waals surface area contributed by atoms with Crippen molar-refractivity contribution in [1.82, 2.24) is 4.90 Å². The fraction of sp³-hybridized carbons (Fsp3) is 0.500. The predicted octanol–water partition coefficient (Wildman–Crippen LogP) is 1.27. The molecule has 1 atom stereocenters. The largest absolute Gasteiger partial charge is 0.395 e. The van der Waals surface area contributed by atoms with E-state index < -0.39 is 17.2 Å². The summed E-state index contributed by atoms with van der Waals surface area (Å²) < 4.78 is 26.2. The summed E-state index contributed by atoms with van der Waals surface area (Å²) >= 11 is 0. The Balaban J connectivity index is 2.74. The third kappa shape index (κ3) is 4.12. The fourth-order valence-corrected chi connectivity index (χ4v) is 1.75. The SMILES string of the molecule is CN(C)CC(C)(O)CNc1cc(F)cc(F)c1N. The van der Waals surface area contributed by atoms with Gasteiger partial charge in [-0.2, -0.15) is 0 Å². The van der Waals surface area contributed by atoms with Crippen molar-refractivity contribution >= 4 is 11.4 Å². The lowest BCUT2D eigenvalue weighted by molar-refractivity contribution is 0.0460. The van der Waals surface area contributed by atoms with E-state index in [2.05, 4.69) is 5.32 Å². The molecule has 102 valence electrons. The van der Waals surface area contributed by atoms with E-state index in [-0.39, 0.29) is 17.9 Å². The first-order valence-corrected chi connectivity index (χ1v) is 5.57. The Bertz CT molecular complexity index is 422. The second kappa shape index (κ2) is 5.49. The highest BCUT2D eigenvalue weighted by Gasteiger charge is 2.21. The van der Waals surface area contributed by atoms with Crippen molar-refractivity contribution < 1.29 is 13.9 Å². The summed E-state index contributed by atoms with van der Waals surface area (Å²) in [6.45, 7) is 2.18. The highest BCUT2D eigenvalue weighted by molar-refractivity contribution is 5.66. The number of nitrogens with two attached hydrogens (primary N) is 1. The molecular formula is C12H19F2N3O. The van der Waals surface area contributed by atoms with Crippen LogP contribution in [0.1, 0.15) is 6.92 Å². The van der Waals surface area contributed by atoms with Crippen molar-refractivity contribution in [2.75, 3.05) is 38.2 Å². The summed E-state index contributed by atoms with van der Waals surface area (Å²) in [7, 11) is 3.65. The lowest BCUT2D eigenvalue weighted by atomic mass is 10.1. The van der Waals surface area contributed by atoms with Gasteiger partial charge in [-0.05, 0) is 27.1 Å². The third-order valence-electron chi connectivity index (χ3n) is 2.41. The second-order valence-corrected chi connectivity index (χ2v) is 4.94. The van der Waals surface area contributed by atoms with Crippen LogP contribution >= 0.6 is 0 Å². The number of halogens is 2. The Morgan fingerprint density at radius 3 is 2.56 bits per heavy atom. The van der Waals surface area contributed by atoms with Gasteiger partial charge in [0.15, 0.2) is 5.82 Å². The number of rotatable bonds is 5. The Morgan fingerprint density at radius 1 is 1.39 bits per heavy atom. The van der Waals surface area contributed by atoms with E-state index in [0.717, 1.165) is 12.1 Å². The number of hydrogen-bond acceptors (Lipinski definition) is 4.